The highest BCUT2D eigenvalue weighted by atomic mass is 35.5. The molecular formula is C19H28ClFN2O2. The van der Waals surface area contributed by atoms with Crippen molar-refractivity contribution in [2.75, 3.05) is 33.4 Å². The van der Waals surface area contributed by atoms with E-state index in [2.05, 4.69) is 12.2 Å². The SMILES string of the molecule is COCCN(Cc1ccc(F)cc1Cl)C(=O)CC(C)C1CCCNC1. The summed E-state index contributed by atoms with van der Waals surface area (Å²) in [7, 11) is 1.61. The van der Waals surface area contributed by atoms with Crippen molar-refractivity contribution in [3.63, 3.8) is 0 Å². The minimum Gasteiger partial charge on any atom is -0.383 e. The molecule has 1 aromatic rings. The lowest BCUT2D eigenvalue weighted by Gasteiger charge is -2.30. The Morgan fingerprint density at radius 1 is 1.52 bits per heavy atom. The van der Waals surface area contributed by atoms with Gasteiger partial charge >= 0.3 is 0 Å². The molecule has 140 valence electrons. The molecule has 0 spiro atoms. The summed E-state index contributed by atoms with van der Waals surface area (Å²) in [5, 5.41) is 3.75. The van der Waals surface area contributed by atoms with E-state index in [1.54, 1.807) is 18.1 Å². The molecule has 1 aliphatic heterocycles. The molecule has 1 aromatic carbocycles. The molecule has 1 amide bonds. The van der Waals surface area contributed by atoms with Crippen LogP contribution in [0.3, 0.4) is 0 Å². The summed E-state index contributed by atoms with van der Waals surface area (Å²) < 4.78 is 18.4. The first-order chi connectivity index (χ1) is 12.0. The molecule has 4 nitrogen and oxygen atoms in total. The Bertz CT molecular complexity index is 564. The Balaban J connectivity index is 2.00. The van der Waals surface area contributed by atoms with E-state index in [1.165, 1.54) is 25.0 Å². The van der Waals surface area contributed by atoms with Crippen LogP contribution in [0.15, 0.2) is 18.2 Å². The highest BCUT2D eigenvalue weighted by Crippen LogP contribution is 2.24. The van der Waals surface area contributed by atoms with Crippen molar-refractivity contribution < 1.29 is 13.9 Å². The van der Waals surface area contributed by atoms with E-state index in [0.29, 0.717) is 43.0 Å². The largest absolute Gasteiger partial charge is 0.383 e. The predicted octanol–water partition coefficient (Wildman–Crippen LogP) is 3.48. The zero-order chi connectivity index (χ0) is 18.2. The van der Waals surface area contributed by atoms with Crippen LogP contribution in [-0.2, 0) is 16.1 Å². The van der Waals surface area contributed by atoms with Crippen LogP contribution in [0, 0.1) is 17.7 Å². The first kappa shape index (κ1) is 20.1. The minimum atomic E-state index is -0.373. The van der Waals surface area contributed by atoms with Gasteiger partial charge in [-0.1, -0.05) is 24.6 Å². The number of nitrogens with one attached hydrogen (secondary N) is 1. The van der Waals surface area contributed by atoms with E-state index in [-0.39, 0.29) is 11.7 Å². The number of nitrogens with zero attached hydrogens (tertiary/aromatic N) is 1. The highest BCUT2D eigenvalue weighted by Gasteiger charge is 2.24. The molecule has 25 heavy (non-hydrogen) atoms. The molecule has 1 fully saturated rings. The maximum atomic E-state index is 13.2. The second-order valence-corrected chi connectivity index (χ2v) is 7.24. The fraction of sp³-hybridized carbons (Fsp3) is 0.632. The topological polar surface area (TPSA) is 41.6 Å². The van der Waals surface area contributed by atoms with Crippen LogP contribution in [0.4, 0.5) is 4.39 Å². The molecule has 1 N–H and O–H groups in total. The summed E-state index contributed by atoms with van der Waals surface area (Å²) in [6, 6.07) is 4.29. The van der Waals surface area contributed by atoms with Crippen LogP contribution >= 0.6 is 11.6 Å². The number of piperidine rings is 1. The van der Waals surface area contributed by atoms with Crippen LogP contribution in [-0.4, -0.2) is 44.2 Å². The fourth-order valence-corrected chi connectivity index (χ4v) is 3.51. The standard InChI is InChI=1S/C19H28ClFN2O2/c1-14(15-4-3-7-22-12-15)10-19(24)23(8-9-25-2)13-16-5-6-17(21)11-18(16)20/h5-6,11,14-15,22H,3-4,7-10,12-13H2,1-2H3. The smallest absolute Gasteiger partial charge is 0.223 e. The van der Waals surface area contributed by atoms with E-state index in [4.69, 9.17) is 16.3 Å². The van der Waals surface area contributed by atoms with Gasteiger partial charge in [-0.15, -0.1) is 0 Å². The number of rotatable bonds is 8. The summed E-state index contributed by atoms with van der Waals surface area (Å²) in [5.74, 6) is 0.586. The van der Waals surface area contributed by atoms with Crippen LogP contribution in [0.1, 0.15) is 31.7 Å². The number of benzene rings is 1. The highest BCUT2D eigenvalue weighted by molar-refractivity contribution is 6.31. The summed E-state index contributed by atoms with van der Waals surface area (Å²) in [4.78, 5) is 14.6. The average Bonchev–Trinajstić information content (AvgIpc) is 2.61. The number of methoxy groups -OCH3 is 1. The van der Waals surface area contributed by atoms with Crippen molar-refractivity contribution in [1.82, 2.24) is 10.2 Å². The number of ether oxygens (including phenoxy) is 1. The van der Waals surface area contributed by atoms with Gasteiger partial charge in [0.05, 0.1) is 6.61 Å². The van der Waals surface area contributed by atoms with Gasteiger partial charge < -0.3 is 15.0 Å². The Morgan fingerprint density at radius 3 is 2.96 bits per heavy atom. The molecule has 6 heteroatoms. The van der Waals surface area contributed by atoms with Crippen molar-refractivity contribution in [2.24, 2.45) is 11.8 Å². The van der Waals surface area contributed by atoms with Gasteiger partial charge in [-0.25, -0.2) is 4.39 Å². The summed E-state index contributed by atoms with van der Waals surface area (Å²) in [6.07, 6.45) is 2.85. The molecule has 0 aromatic heterocycles. The quantitative estimate of drug-likeness (QED) is 0.761. The van der Waals surface area contributed by atoms with Crippen molar-refractivity contribution in [3.05, 3.63) is 34.6 Å². The lowest BCUT2D eigenvalue weighted by atomic mass is 9.85. The molecule has 0 bridgehead atoms. The molecule has 0 saturated carbocycles. The molecule has 2 atom stereocenters. The molecule has 2 rings (SSSR count). The van der Waals surface area contributed by atoms with Gasteiger partial charge in [-0.2, -0.15) is 0 Å². The average molecular weight is 371 g/mol. The van der Waals surface area contributed by atoms with Gasteiger partial charge in [0.15, 0.2) is 0 Å². The monoisotopic (exact) mass is 370 g/mol. The molecule has 1 saturated heterocycles. The maximum absolute atomic E-state index is 13.2. The van der Waals surface area contributed by atoms with E-state index >= 15 is 0 Å². The second kappa shape index (κ2) is 10.1. The van der Waals surface area contributed by atoms with Gasteiger partial charge in [0.2, 0.25) is 5.91 Å². The van der Waals surface area contributed by atoms with Gasteiger partial charge in [0, 0.05) is 31.6 Å². The third-order valence-corrected chi connectivity index (χ3v) is 5.28. The minimum absolute atomic E-state index is 0.0931. The van der Waals surface area contributed by atoms with Crippen LogP contribution in [0.2, 0.25) is 5.02 Å². The summed E-state index contributed by atoms with van der Waals surface area (Å²) in [6.45, 7) is 5.53. The van der Waals surface area contributed by atoms with E-state index in [0.717, 1.165) is 18.7 Å². The van der Waals surface area contributed by atoms with E-state index < -0.39 is 0 Å². The Labute approximate surface area is 154 Å². The Morgan fingerprint density at radius 2 is 2.32 bits per heavy atom. The Kier molecular flexibility index (Phi) is 8.13. The number of carbonyl (C=O) groups is 1. The zero-order valence-electron chi connectivity index (χ0n) is 15.1. The third kappa shape index (κ3) is 6.24. The van der Waals surface area contributed by atoms with Crippen LogP contribution in [0.5, 0.6) is 0 Å². The summed E-state index contributed by atoms with van der Waals surface area (Å²) in [5.41, 5.74) is 0.750. The van der Waals surface area contributed by atoms with Crippen molar-refractivity contribution in [1.29, 1.82) is 0 Å². The molecule has 2 unspecified atom stereocenters. The van der Waals surface area contributed by atoms with Gasteiger partial charge in [0.1, 0.15) is 5.82 Å². The van der Waals surface area contributed by atoms with Crippen molar-refractivity contribution >= 4 is 17.5 Å². The lowest BCUT2D eigenvalue weighted by molar-refractivity contribution is -0.133. The van der Waals surface area contributed by atoms with Gasteiger partial charge in [-0.3, -0.25) is 4.79 Å². The number of carbonyl (C=O) groups excluding carboxylic acids is 1. The molecule has 1 heterocycles. The van der Waals surface area contributed by atoms with Gasteiger partial charge in [0.25, 0.3) is 0 Å². The normalized spacial score (nSPS) is 18.8. The molecular weight excluding hydrogens is 343 g/mol. The van der Waals surface area contributed by atoms with E-state index in [1.807, 2.05) is 0 Å². The van der Waals surface area contributed by atoms with Crippen molar-refractivity contribution in [3.8, 4) is 0 Å². The second-order valence-electron chi connectivity index (χ2n) is 6.83. The molecule has 1 aliphatic rings. The van der Waals surface area contributed by atoms with Crippen LogP contribution in [0.25, 0.3) is 0 Å². The van der Waals surface area contributed by atoms with E-state index in [9.17, 15) is 9.18 Å². The third-order valence-electron chi connectivity index (χ3n) is 4.93. The Hall–Kier alpha value is -1.17. The fourth-order valence-electron chi connectivity index (χ4n) is 3.28. The maximum Gasteiger partial charge on any atom is 0.223 e. The van der Waals surface area contributed by atoms with Crippen molar-refractivity contribution in [2.45, 2.75) is 32.7 Å². The molecule has 0 radical (unpaired) electrons. The lowest BCUT2D eigenvalue weighted by Crippen LogP contribution is -2.38. The van der Waals surface area contributed by atoms with Crippen LogP contribution < -0.4 is 5.32 Å². The first-order valence-corrected chi connectivity index (χ1v) is 9.30. The number of hydrogen-bond donors (Lipinski definition) is 1. The zero-order valence-corrected chi connectivity index (χ0v) is 15.8. The number of halogens is 2. The number of amides is 1. The first-order valence-electron chi connectivity index (χ1n) is 8.92. The number of hydrogen-bond acceptors (Lipinski definition) is 3. The van der Waals surface area contributed by atoms with Gasteiger partial charge in [-0.05, 0) is 55.5 Å². The predicted molar refractivity (Wildman–Crippen MR) is 98.1 cm³/mol. The summed E-state index contributed by atoms with van der Waals surface area (Å²) >= 11 is 6.12. The molecule has 0 aliphatic carbocycles.